The van der Waals surface area contributed by atoms with E-state index < -0.39 is 0 Å². The number of amides is 1. The molecule has 116 valence electrons. The van der Waals surface area contributed by atoms with Crippen molar-refractivity contribution in [1.82, 2.24) is 16.0 Å². The van der Waals surface area contributed by atoms with Crippen molar-refractivity contribution in [2.24, 2.45) is 4.99 Å². The minimum atomic E-state index is 0.0530. The van der Waals surface area contributed by atoms with Crippen LogP contribution in [0.2, 0.25) is 0 Å². The SMILES string of the molecule is CN=C(NCCC(=O)NC(C)C)NCCc1ccccc1. The number of nitrogens with one attached hydrogen (secondary N) is 3. The number of benzene rings is 1. The first-order valence-corrected chi connectivity index (χ1v) is 7.39. The molecule has 0 aromatic heterocycles. The van der Waals surface area contributed by atoms with E-state index in [1.807, 2.05) is 32.0 Å². The summed E-state index contributed by atoms with van der Waals surface area (Å²) in [5.41, 5.74) is 1.29. The molecule has 0 saturated carbocycles. The molecule has 0 aliphatic heterocycles. The smallest absolute Gasteiger partial charge is 0.221 e. The van der Waals surface area contributed by atoms with Crippen molar-refractivity contribution in [3.8, 4) is 0 Å². The second kappa shape index (κ2) is 9.80. The van der Waals surface area contributed by atoms with E-state index in [9.17, 15) is 4.79 Å². The number of nitrogens with zero attached hydrogens (tertiary/aromatic N) is 1. The van der Waals surface area contributed by atoms with Crippen LogP contribution in [-0.4, -0.2) is 38.0 Å². The van der Waals surface area contributed by atoms with Gasteiger partial charge in [0.25, 0.3) is 0 Å². The van der Waals surface area contributed by atoms with Crippen LogP contribution in [0.3, 0.4) is 0 Å². The summed E-state index contributed by atoms with van der Waals surface area (Å²) in [5.74, 6) is 0.778. The number of aliphatic imine (C=N–C) groups is 1. The predicted molar refractivity (Wildman–Crippen MR) is 87.4 cm³/mol. The van der Waals surface area contributed by atoms with Gasteiger partial charge < -0.3 is 16.0 Å². The zero-order chi connectivity index (χ0) is 15.5. The Kier molecular flexibility index (Phi) is 7.94. The van der Waals surface area contributed by atoms with Gasteiger partial charge in [0.2, 0.25) is 5.91 Å². The number of rotatable bonds is 7. The van der Waals surface area contributed by atoms with Crippen LogP contribution in [0.1, 0.15) is 25.8 Å². The summed E-state index contributed by atoms with van der Waals surface area (Å²) in [6.07, 6.45) is 1.38. The molecular weight excluding hydrogens is 264 g/mol. The van der Waals surface area contributed by atoms with Crippen LogP contribution in [0.4, 0.5) is 0 Å². The standard InChI is InChI=1S/C16H26N4O/c1-13(2)20-15(21)10-12-19-16(17-3)18-11-9-14-7-5-4-6-8-14/h4-8,13H,9-12H2,1-3H3,(H,20,21)(H2,17,18,19). The quantitative estimate of drug-likeness (QED) is 0.524. The monoisotopic (exact) mass is 290 g/mol. The fourth-order valence-corrected chi connectivity index (χ4v) is 1.88. The average Bonchev–Trinajstić information content (AvgIpc) is 2.46. The third kappa shape index (κ3) is 7.97. The van der Waals surface area contributed by atoms with Crippen molar-refractivity contribution in [3.63, 3.8) is 0 Å². The normalized spacial score (nSPS) is 11.3. The summed E-state index contributed by atoms with van der Waals surface area (Å²) < 4.78 is 0. The molecule has 0 radical (unpaired) electrons. The van der Waals surface area contributed by atoms with Gasteiger partial charge >= 0.3 is 0 Å². The van der Waals surface area contributed by atoms with Gasteiger partial charge in [-0.3, -0.25) is 9.79 Å². The van der Waals surface area contributed by atoms with Crippen LogP contribution >= 0.6 is 0 Å². The van der Waals surface area contributed by atoms with E-state index in [0.717, 1.165) is 18.9 Å². The molecule has 0 aliphatic carbocycles. The Morgan fingerprint density at radius 2 is 1.81 bits per heavy atom. The molecule has 21 heavy (non-hydrogen) atoms. The molecule has 0 spiro atoms. The van der Waals surface area contributed by atoms with Crippen molar-refractivity contribution in [2.75, 3.05) is 20.1 Å². The summed E-state index contributed by atoms with van der Waals surface area (Å²) in [7, 11) is 1.73. The van der Waals surface area contributed by atoms with Crippen LogP contribution in [-0.2, 0) is 11.2 Å². The van der Waals surface area contributed by atoms with Crippen LogP contribution in [0.5, 0.6) is 0 Å². The van der Waals surface area contributed by atoms with Gasteiger partial charge in [-0.05, 0) is 25.8 Å². The lowest BCUT2D eigenvalue weighted by molar-refractivity contribution is -0.121. The maximum absolute atomic E-state index is 11.5. The van der Waals surface area contributed by atoms with E-state index in [1.165, 1.54) is 5.56 Å². The number of guanidine groups is 1. The fraction of sp³-hybridized carbons (Fsp3) is 0.500. The summed E-state index contributed by atoms with van der Waals surface area (Å²) in [5, 5.41) is 9.24. The largest absolute Gasteiger partial charge is 0.356 e. The first-order chi connectivity index (χ1) is 10.1. The summed E-state index contributed by atoms with van der Waals surface area (Å²) >= 11 is 0. The molecule has 0 atom stereocenters. The first-order valence-electron chi connectivity index (χ1n) is 7.39. The fourth-order valence-electron chi connectivity index (χ4n) is 1.88. The zero-order valence-corrected chi connectivity index (χ0v) is 13.1. The second-order valence-corrected chi connectivity index (χ2v) is 5.13. The molecule has 0 unspecified atom stereocenters. The summed E-state index contributed by atoms with van der Waals surface area (Å²) in [4.78, 5) is 15.7. The number of carbonyl (C=O) groups excluding carboxylic acids is 1. The van der Waals surface area contributed by atoms with Crippen LogP contribution in [0.25, 0.3) is 0 Å². The molecule has 0 fully saturated rings. The highest BCUT2D eigenvalue weighted by Gasteiger charge is 2.03. The number of carbonyl (C=O) groups is 1. The van der Waals surface area contributed by atoms with Crippen molar-refractivity contribution < 1.29 is 4.79 Å². The highest BCUT2D eigenvalue weighted by Crippen LogP contribution is 1.97. The van der Waals surface area contributed by atoms with Crippen LogP contribution in [0.15, 0.2) is 35.3 Å². The topological polar surface area (TPSA) is 65.5 Å². The Morgan fingerprint density at radius 1 is 1.14 bits per heavy atom. The minimum Gasteiger partial charge on any atom is -0.356 e. The van der Waals surface area contributed by atoms with Crippen molar-refractivity contribution >= 4 is 11.9 Å². The second-order valence-electron chi connectivity index (χ2n) is 5.13. The third-order valence-electron chi connectivity index (χ3n) is 2.87. The van der Waals surface area contributed by atoms with E-state index in [-0.39, 0.29) is 11.9 Å². The van der Waals surface area contributed by atoms with Gasteiger partial charge in [0, 0.05) is 32.6 Å². The Morgan fingerprint density at radius 3 is 2.43 bits per heavy atom. The van der Waals surface area contributed by atoms with Gasteiger partial charge in [0.15, 0.2) is 5.96 Å². The average molecular weight is 290 g/mol. The molecule has 5 heteroatoms. The number of hydrogen-bond donors (Lipinski definition) is 3. The molecule has 5 nitrogen and oxygen atoms in total. The van der Waals surface area contributed by atoms with Crippen molar-refractivity contribution in [1.29, 1.82) is 0 Å². The minimum absolute atomic E-state index is 0.0530. The van der Waals surface area contributed by atoms with Crippen LogP contribution in [0, 0.1) is 0 Å². The molecule has 1 aromatic rings. The van der Waals surface area contributed by atoms with Gasteiger partial charge in [-0.2, -0.15) is 0 Å². The Balaban J connectivity index is 2.19. The van der Waals surface area contributed by atoms with Crippen molar-refractivity contribution in [3.05, 3.63) is 35.9 Å². The Bertz CT molecular complexity index is 443. The molecule has 0 aliphatic rings. The lowest BCUT2D eigenvalue weighted by Crippen LogP contribution is -2.40. The third-order valence-corrected chi connectivity index (χ3v) is 2.87. The summed E-state index contributed by atoms with van der Waals surface area (Å²) in [6.45, 7) is 5.29. The van der Waals surface area contributed by atoms with E-state index in [1.54, 1.807) is 7.05 Å². The van der Waals surface area contributed by atoms with Gasteiger partial charge in [0.05, 0.1) is 0 Å². The van der Waals surface area contributed by atoms with Gasteiger partial charge in [0.1, 0.15) is 0 Å². The van der Waals surface area contributed by atoms with Gasteiger partial charge in [-0.1, -0.05) is 30.3 Å². The van der Waals surface area contributed by atoms with Crippen LogP contribution < -0.4 is 16.0 Å². The highest BCUT2D eigenvalue weighted by molar-refractivity contribution is 5.81. The van der Waals surface area contributed by atoms with Gasteiger partial charge in [-0.15, -0.1) is 0 Å². The predicted octanol–water partition coefficient (Wildman–Crippen LogP) is 1.31. The number of hydrogen-bond acceptors (Lipinski definition) is 2. The van der Waals surface area contributed by atoms with E-state index >= 15 is 0 Å². The first kappa shape index (κ1) is 17.0. The maximum Gasteiger partial charge on any atom is 0.221 e. The Labute approximate surface area is 127 Å². The van der Waals surface area contributed by atoms with Crippen molar-refractivity contribution in [2.45, 2.75) is 32.7 Å². The molecule has 0 saturated heterocycles. The molecule has 1 rings (SSSR count). The lowest BCUT2D eigenvalue weighted by Gasteiger charge is -2.12. The lowest BCUT2D eigenvalue weighted by atomic mass is 10.1. The molecule has 0 heterocycles. The zero-order valence-electron chi connectivity index (χ0n) is 13.1. The highest BCUT2D eigenvalue weighted by atomic mass is 16.1. The maximum atomic E-state index is 11.5. The van der Waals surface area contributed by atoms with E-state index in [2.05, 4.69) is 33.1 Å². The van der Waals surface area contributed by atoms with E-state index in [0.29, 0.717) is 13.0 Å². The van der Waals surface area contributed by atoms with Gasteiger partial charge in [-0.25, -0.2) is 0 Å². The molecular formula is C16H26N4O. The summed E-state index contributed by atoms with van der Waals surface area (Å²) in [6, 6.07) is 10.5. The Hall–Kier alpha value is -2.04. The molecule has 0 bridgehead atoms. The van der Waals surface area contributed by atoms with E-state index in [4.69, 9.17) is 0 Å². The molecule has 3 N–H and O–H groups in total. The molecule has 1 aromatic carbocycles. The molecule has 1 amide bonds.